The summed E-state index contributed by atoms with van der Waals surface area (Å²) in [7, 11) is -4.24. The number of benzene rings is 2. The molecule has 1 saturated heterocycles. The van der Waals surface area contributed by atoms with Crippen molar-refractivity contribution in [3.63, 3.8) is 0 Å². The maximum Gasteiger partial charge on any atom is 0.294 e. The Hall–Kier alpha value is -2.62. The van der Waals surface area contributed by atoms with E-state index >= 15 is 0 Å². The molecule has 0 atom stereocenters. The second kappa shape index (κ2) is 8.63. The van der Waals surface area contributed by atoms with Crippen LogP contribution < -0.4 is 4.90 Å². The van der Waals surface area contributed by atoms with Gasteiger partial charge in [-0.05, 0) is 34.9 Å². The van der Waals surface area contributed by atoms with Crippen LogP contribution in [-0.4, -0.2) is 54.2 Å². The van der Waals surface area contributed by atoms with Crippen molar-refractivity contribution in [1.82, 2.24) is 15.0 Å². The number of nitrogens with zero attached hydrogens (tertiary/aromatic N) is 4. The molecule has 1 fully saturated rings. The van der Waals surface area contributed by atoms with Crippen LogP contribution in [0, 0.1) is 0 Å². The van der Waals surface area contributed by atoms with Gasteiger partial charge in [-0.15, -0.1) is 0 Å². The van der Waals surface area contributed by atoms with Gasteiger partial charge in [0.25, 0.3) is 10.1 Å². The van der Waals surface area contributed by atoms with Crippen LogP contribution in [0.3, 0.4) is 0 Å². The summed E-state index contributed by atoms with van der Waals surface area (Å²) in [5, 5.41) is 1.63. The SMILES string of the molecule is CCCc1nc(Cc2cccc3cc(S(=O)(=O)O)ccc23)nc(N2CCOCC2)n1. The number of aryl methyl sites for hydroxylation is 1. The predicted molar refractivity (Wildman–Crippen MR) is 113 cm³/mol. The topological polar surface area (TPSA) is 106 Å². The Morgan fingerprint density at radius 1 is 1.07 bits per heavy atom. The molecule has 3 aromatic rings. The Morgan fingerprint density at radius 3 is 2.57 bits per heavy atom. The Labute approximate surface area is 175 Å². The van der Waals surface area contributed by atoms with E-state index in [0.717, 1.165) is 48.1 Å². The molecule has 158 valence electrons. The highest BCUT2D eigenvalue weighted by Crippen LogP contribution is 2.24. The normalized spacial score (nSPS) is 14.9. The lowest BCUT2D eigenvalue weighted by Gasteiger charge is -2.27. The summed E-state index contributed by atoms with van der Waals surface area (Å²) in [5.41, 5.74) is 0.982. The van der Waals surface area contributed by atoms with Gasteiger partial charge in [0.1, 0.15) is 11.6 Å². The maximum absolute atomic E-state index is 11.5. The smallest absolute Gasteiger partial charge is 0.294 e. The summed E-state index contributed by atoms with van der Waals surface area (Å²) in [4.78, 5) is 16.0. The number of rotatable bonds is 6. The lowest BCUT2D eigenvalue weighted by Crippen LogP contribution is -2.37. The number of anilines is 1. The van der Waals surface area contributed by atoms with Gasteiger partial charge in [-0.3, -0.25) is 4.55 Å². The Morgan fingerprint density at radius 2 is 1.83 bits per heavy atom. The van der Waals surface area contributed by atoms with Gasteiger partial charge in [-0.1, -0.05) is 31.2 Å². The summed E-state index contributed by atoms with van der Waals surface area (Å²) in [6, 6.07) is 10.3. The molecule has 0 bridgehead atoms. The molecule has 9 heteroatoms. The molecule has 4 rings (SSSR count). The van der Waals surface area contributed by atoms with Gasteiger partial charge < -0.3 is 9.64 Å². The summed E-state index contributed by atoms with van der Waals surface area (Å²) >= 11 is 0. The molecule has 2 heterocycles. The second-order valence-electron chi connectivity index (χ2n) is 7.27. The van der Waals surface area contributed by atoms with Crippen molar-refractivity contribution in [3.05, 3.63) is 53.6 Å². The molecule has 1 N–H and O–H groups in total. The van der Waals surface area contributed by atoms with Gasteiger partial charge in [0.2, 0.25) is 5.95 Å². The molecule has 0 amide bonds. The maximum atomic E-state index is 11.5. The lowest BCUT2D eigenvalue weighted by molar-refractivity contribution is 0.122. The first kappa shape index (κ1) is 20.6. The van der Waals surface area contributed by atoms with Crippen molar-refractivity contribution < 1.29 is 17.7 Å². The molecule has 2 aromatic carbocycles. The Bertz CT molecular complexity index is 1160. The van der Waals surface area contributed by atoms with Crippen molar-refractivity contribution in [2.45, 2.75) is 31.1 Å². The van der Waals surface area contributed by atoms with Gasteiger partial charge in [-0.25, -0.2) is 4.98 Å². The van der Waals surface area contributed by atoms with E-state index in [9.17, 15) is 13.0 Å². The average molecular weight is 429 g/mol. The molecule has 8 nitrogen and oxygen atoms in total. The third kappa shape index (κ3) is 4.58. The zero-order chi connectivity index (χ0) is 21.1. The van der Waals surface area contributed by atoms with E-state index in [0.29, 0.717) is 31.4 Å². The molecule has 1 aliphatic heterocycles. The van der Waals surface area contributed by atoms with Crippen LogP contribution in [0.15, 0.2) is 41.3 Å². The zero-order valence-corrected chi connectivity index (χ0v) is 17.6. The largest absolute Gasteiger partial charge is 0.378 e. The van der Waals surface area contributed by atoms with Crippen LogP contribution in [0.1, 0.15) is 30.6 Å². The van der Waals surface area contributed by atoms with Crippen molar-refractivity contribution in [3.8, 4) is 0 Å². The highest BCUT2D eigenvalue weighted by Gasteiger charge is 2.17. The third-order valence-electron chi connectivity index (χ3n) is 5.07. The van der Waals surface area contributed by atoms with Gasteiger partial charge in [-0.2, -0.15) is 18.4 Å². The standard InChI is InChI=1S/C21H24N4O4S/c1-2-4-19-22-20(24-21(23-19)25-9-11-29-12-10-25)14-16-6-3-5-15-13-17(30(26,27)28)7-8-18(15)16/h3,5-8,13H,2,4,9-12,14H2,1H3,(H,26,27,28). The Balaban J connectivity index is 1.71. The van der Waals surface area contributed by atoms with Gasteiger partial charge >= 0.3 is 0 Å². The summed E-state index contributed by atoms with van der Waals surface area (Å²) in [6.07, 6.45) is 2.22. The molecule has 1 aliphatic rings. The molecule has 0 saturated carbocycles. The minimum Gasteiger partial charge on any atom is -0.378 e. The van der Waals surface area contributed by atoms with Crippen LogP contribution in [-0.2, 0) is 27.7 Å². The van der Waals surface area contributed by atoms with Crippen molar-refractivity contribution >= 4 is 26.8 Å². The van der Waals surface area contributed by atoms with E-state index in [1.807, 2.05) is 18.2 Å². The van der Waals surface area contributed by atoms with Crippen LogP contribution in [0.5, 0.6) is 0 Å². The highest BCUT2D eigenvalue weighted by molar-refractivity contribution is 7.85. The molecule has 0 unspecified atom stereocenters. The molecular weight excluding hydrogens is 404 g/mol. The van der Waals surface area contributed by atoms with Crippen LogP contribution in [0.25, 0.3) is 10.8 Å². The van der Waals surface area contributed by atoms with Gasteiger partial charge in [0.15, 0.2) is 0 Å². The summed E-state index contributed by atoms with van der Waals surface area (Å²) in [5.74, 6) is 2.14. The number of aromatic nitrogens is 3. The van der Waals surface area contributed by atoms with Crippen molar-refractivity contribution in [2.24, 2.45) is 0 Å². The number of hydrogen-bond acceptors (Lipinski definition) is 7. The van der Waals surface area contributed by atoms with Crippen LogP contribution in [0.4, 0.5) is 5.95 Å². The predicted octanol–water partition coefficient (Wildman–Crippen LogP) is 2.65. The number of morpholine rings is 1. The van der Waals surface area contributed by atoms with E-state index in [2.05, 4.69) is 21.8 Å². The van der Waals surface area contributed by atoms with E-state index in [1.165, 1.54) is 12.1 Å². The highest BCUT2D eigenvalue weighted by atomic mass is 32.2. The first-order valence-electron chi connectivity index (χ1n) is 9.99. The fourth-order valence-electron chi connectivity index (χ4n) is 3.59. The van der Waals surface area contributed by atoms with E-state index in [1.54, 1.807) is 6.07 Å². The number of hydrogen-bond donors (Lipinski definition) is 1. The van der Waals surface area contributed by atoms with Gasteiger partial charge in [0.05, 0.1) is 18.1 Å². The van der Waals surface area contributed by atoms with E-state index in [4.69, 9.17) is 9.72 Å². The monoisotopic (exact) mass is 428 g/mol. The first-order valence-corrected chi connectivity index (χ1v) is 11.4. The zero-order valence-electron chi connectivity index (χ0n) is 16.8. The fraction of sp³-hybridized carbons (Fsp3) is 0.381. The second-order valence-corrected chi connectivity index (χ2v) is 8.69. The minimum atomic E-state index is -4.24. The minimum absolute atomic E-state index is 0.118. The van der Waals surface area contributed by atoms with Crippen molar-refractivity contribution in [2.75, 3.05) is 31.2 Å². The van der Waals surface area contributed by atoms with E-state index in [-0.39, 0.29) is 4.90 Å². The lowest BCUT2D eigenvalue weighted by atomic mass is 10.0. The summed E-state index contributed by atoms with van der Waals surface area (Å²) < 4.78 is 37.7. The number of ether oxygens (including phenoxy) is 1. The Kier molecular flexibility index (Phi) is 5.94. The third-order valence-corrected chi connectivity index (χ3v) is 5.92. The molecule has 1 aromatic heterocycles. The molecule has 30 heavy (non-hydrogen) atoms. The fourth-order valence-corrected chi connectivity index (χ4v) is 4.10. The molecule has 0 aliphatic carbocycles. The average Bonchev–Trinajstić information content (AvgIpc) is 2.74. The van der Waals surface area contributed by atoms with Crippen LogP contribution in [0.2, 0.25) is 0 Å². The van der Waals surface area contributed by atoms with E-state index < -0.39 is 10.1 Å². The molecule has 0 spiro atoms. The quantitative estimate of drug-likeness (QED) is 0.598. The molecular formula is C21H24N4O4S. The van der Waals surface area contributed by atoms with Gasteiger partial charge in [0, 0.05) is 25.9 Å². The summed E-state index contributed by atoms with van der Waals surface area (Å²) in [6.45, 7) is 4.91. The number of fused-ring (bicyclic) bond motifs is 1. The first-order chi connectivity index (χ1) is 14.4. The van der Waals surface area contributed by atoms with Crippen molar-refractivity contribution in [1.29, 1.82) is 0 Å². The van der Waals surface area contributed by atoms with Crippen LogP contribution >= 0.6 is 0 Å². The molecule has 0 radical (unpaired) electrons.